The van der Waals surface area contributed by atoms with Crippen molar-refractivity contribution in [1.82, 2.24) is 15.4 Å². The number of amides is 2. The Kier molecular flexibility index (Phi) is 7.94. The number of cyclic esters (lactones) is 1. The van der Waals surface area contributed by atoms with E-state index in [0.29, 0.717) is 5.06 Å². The maximum Gasteiger partial charge on any atom is 1.00 e. The van der Waals surface area contributed by atoms with Crippen LogP contribution in [0.15, 0.2) is 10.5 Å². The van der Waals surface area contributed by atoms with Crippen molar-refractivity contribution in [2.24, 2.45) is 5.16 Å². The van der Waals surface area contributed by atoms with E-state index in [1.165, 1.54) is 18.7 Å². The molecule has 2 aliphatic rings. The smallest absolute Gasteiger partial charge is 0.544 e. The van der Waals surface area contributed by atoms with Crippen LogP contribution in [0.2, 0.25) is 0 Å². The van der Waals surface area contributed by atoms with Gasteiger partial charge in [0.1, 0.15) is 25.4 Å². The van der Waals surface area contributed by atoms with Gasteiger partial charge in [0.05, 0.1) is 6.42 Å². The van der Waals surface area contributed by atoms with E-state index < -0.39 is 41.0 Å². The van der Waals surface area contributed by atoms with Gasteiger partial charge in [0.2, 0.25) is 0 Å². The summed E-state index contributed by atoms with van der Waals surface area (Å²) in [6.45, 7) is -0.440. The number of nitrogens with two attached hydrogens (primary N) is 1. The Balaban J connectivity index is 0.00000341. The summed E-state index contributed by atoms with van der Waals surface area (Å²) in [4.78, 5) is 61.3. The van der Waals surface area contributed by atoms with Crippen LogP contribution in [-0.2, 0) is 33.6 Å². The first-order valence-corrected chi connectivity index (χ1v) is 10.4. The second kappa shape index (κ2) is 9.70. The van der Waals surface area contributed by atoms with Crippen LogP contribution in [0.1, 0.15) is 18.5 Å². The number of carbonyl (C=O) groups excluding carboxylic acids is 4. The number of nitrogen functional groups attached to an aromatic ring is 1. The summed E-state index contributed by atoms with van der Waals surface area (Å²) in [6, 6.07) is 0. The number of aliphatic carboxylic acids is 1. The molecule has 16 heteroatoms. The predicted octanol–water partition coefficient (Wildman–Crippen LogP) is -5.19. The number of anilines is 1. The van der Waals surface area contributed by atoms with Crippen LogP contribution in [0.5, 0.6) is 0 Å². The minimum atomic E-state index is -2.41. The molecule has 0 aliphatic carbocycles. The SMILES string of the molecule is CO/N=C(\C(=O)NC1(SC)CON(C2(C(=O)[O-])CCC(=O)O2)C1=O)c1csc(N)n1.[Na+]. The molecule has 2 saturated heterocycles. The van der Waals surface area contributed by atoms with Gasteiger partial charge in [-0.15, -0.1) is 23.1 Å². The topological polar surface area (TPSA) is 186 Å². The number of thiazole rings is 1. The summed E-state index contributed by atoms with van der Waals surface area (Å²) in [7, 11) is 1.22. The van der Waals surface area contributed by atoms with Gasteiger partial charge >= 0.3 is 35.5 Å². The number of carboxylic acids is 1. The normalized spacial score (nSPS) is 25.7. The zero-order valence-electron chi connectivity index (χ0n) is 16.7. The summed E-state index contributed by atoms with van der Waals surface area (Å²) in [5, 5.41) is 19.9. The molecular formula is C15H16N5NaO8S2. The zero-order chi connectivity index (χ0) is 22.1. The number of thioether (sulfide) groups is 1. The number of nitrogens with zero attached hydrogens (tertiary/aromatic N) is 3. The summed E-state index contributed by atoms with van der Waals surface area (Å²) < 4.78 is 4.86. The van der Waals surface area contributed by atoms with Gasteiger partial charge in [-0.1, -0.05) is 5.16 Å². The Bertz CT molecular complexity index is 942. The van der Waals surface area contributed by atoms with Gasteiger partial charge in [-0.3, -0.25) is 19.2 Å². The molecule has 162 valence electrons. The van der Waals surface area contributed by atoms with Gasteiger partial charge in [-0.05, 0) is 6.26 Å². The van der Waals surface area contributed by atoms with Crippen molar-refractivity contribution in [3.05, 3.63) is 11.1 Å². The van der Waals surface area contributed by atoms with Crippen LogP contribution in [-0.4, -0.2) is 70.1 Å². The van der Waals surface area contributed by atoms with E-state index in [1.54, 1.807) is 0 Å². The van der Waals surface area contributed by atoms with Crippen molar-refractivity contribution < 1.29 is 68.3 Å². The maximum absolute atomic E-state index is 13.1. The van der Waals surface area contributed by atoms with E-state index in [1.807, 2.05) is 0 Å². The number of aromatic nitrogens is 1. The molecule has 0 aromatic carbocycles. The third kappa shape index (κ3) is 4.51. The summed E-state index contributed by atoms with van der Waals surface area (Å²) in [6.07, 6.45) is 0.911. The van der Waals surface area contributed by atoms with Crippen LogP contribution in [0, 0.1) is 0 Å². The second-order valence-electron chi connectivity index (χ2n) is 6.10. The van der Waals surface area contributed by atoms with Gasteiger partial charge < -0.3 is 30.5 Å². The average Bonchev–Trinajstić information content (AvgIpc) is 3.39. The standard InChI is InChI=1S/C15H17N5O8S2.Na/c1-26-19-9(7-5-30-13(16)17-7)10(22)18-14(29-2)6-27-20(11(14)23)15(12(24)25)4-3-8(21)28-15;/h5H,3-4,6H2,1-2H3,(H2,16,17)(H,18,22)(H,24,25);/q;+1/p-1/b19-9-;. The molecule has 0 saturated carbocycles. The first kappa shape index (κ1) is 25.4. The van der Waals surface area contributed by atoms with E-state index in [-0.39, 0.29) is 58.9 Å². The zero-order valence-corrected chi connectivity index (χ0v) is 20.3. The van der Waals surface area contributed by atoms with Gasteiger partial charge in [0.25, 0.3) is 17.5 Å². The fourth-order valence-corrected chi connectivity index (χ4v) is 4.03. The second-order valence-corrected chi connectivity index (χ2v) is 8.09. The molecule has 0 bridgehead atoms. The number of carboxylic acid groups (broad SMARTS) is 1. The molecule has 0 spiro atoms. The van der Waals surface area contributed by atoms with Crippen molar-refractivity contribution >= 4 is 57.7 Å². The average molecular weight is 481 g/mol. The van der Waals surface area contributed by atoms with Crippen molar-refractivity contribution in [2.45, 2.75) is 23.4 Å². The third-order valence-corrected chi connectivity index (χ3v) is 6.12. The summed E-state index contributed by atoms with van der Waals surface area (Å²) >= 11 is 1.95. The van der Waals surface area contributed by atoms with E-state index in [2.05, 4.69) is 20.3 Å². The molecule has 2 amide bonds. The predicted molar refractivity (Wildman–Crippen MR) is 100 cm³/mol. The van der Waals surface area contributed by atoms with E-state index in [4.69, 9.17) is 15.3 Å². The number of hydroxylamine groups is 2. The Morgan fingerprint density at radius 1 is 1.48 bits per heavy atom. The van der Waals surface area contributed by atoms with Crippen molar-refractivity contribution in [3.63, 3.8) is 0 Å². The van der Waals surface area contributed by atoms with Crippen LogP contribution in [0.25, 0.3) is 0 Å². The minimum Gasteiger partial charge on any atom is -0.544 e. The van der Waals surface area contributed by atoms with Crippen LogP contribution >= 0.6 is 23.1 Å². The van der Waals surface area contributed by atoms with Gasteiger partial charge in [-0.2, -0.15) is 5.06 Å². The van der Waals surface area contributed by atoms with E-state index >= 15 is 0 Å². The van der Waals surface area contributed by atoms with Gasteiger partial charge in [0.15, 0.2) is 15.7 Å². The number of carbonyl (C=O) groups is 4. The number of hydrogen-bond acceptors (Lipinski definition) is 13. The Labute approximate surface area is 205 Å². The molecule has 31 heavy (non-hydrogen) atoms. The van der Waals surface area contributed by atoms with Crippen molar-refractivity contribution in [2.75, 3.05) is 25.7 Å². The maximum atomic E-state index is 13.1. The quantitative estimate of drug-likeness (QED) is 0.125. The van der Waals surface area contributed by atoms with Gasteiger partial charge in [0, 0.05) is 11.8 Å². The minimum absolute atomic E-state index is 0. The molecule has 1 aromatic heterocycles. The molecule has 0 radical (unpaired) electrons. The number of nitrogens with one attached hydrogen (secondary N) is 1. The molecule has 2 fully saturated rings. The van der Waals surface area contributed by atoms with E-state index in [0.717, 1.165) is 23.1 Å². The first-order valence-electron chi connectivity index (χ1n) is 8.30. The third-order valence-electron chi connectivity index (χ3n) is 4.35. The van der Waals surface area contributed by atoms with Crippen LogP contribution in [0.4, 0.5) is 5.13 Å². The molecule has 3 rings (SSSR count). The molecule has 13 nitrogen and oxygen atoms in total. The number of hydrogen-bond donors (Lipinski definition) is 2. The van der Waals surface area contributed by atoms with Crippen molar-refractivity contribution in [1.29, 1.82) is 0 Å². The number of esters is 1. The van der Waals surface area contributed by atoms with Crippen LogP contribution in [0.3, 0.4) is 0 Å². The molecule has 2 unspecified atom stereocenters. The first-order chi connectivity index (χ1) is 14.2. The summed E-state index contributed by atoms with van der Waals surface area (Å²) in [5.41, 5.74) is 3.03. The Morgan fingerprint density at radius 2 is 2.19 bits per heavy atom. The molecule has 3 N–H and O–H groups in total. The largest absolute Gasteiger partial charge is 1.00 e. The number of oxime groups is 1. The van der Waals surface area contributed by atoms with Crippen LogP contribution < -0.4 is 45.7 Å². The molecule has 3 heterocycles. The Morgan fingerprint density at radius 3 is 2.68 bits per heavy atom. The van der Waals surface area contributed by atoms with Crippen molar-refractivity contribution in [3.8, 4) is 0 Å². The number of ether oxygens (including phenoxy) is 1. The fourth-order valence-electron chi connectivity index (χ4n) is 2.86. The Hall–Kier alpha value is -1.91. The monoisotopic (exact) mass is 481 g/mol. The summed E-state index contributed by atoms with van der Waals surface area (Å²) in [5.74, 6) is -4.43. The fraction of sp³-hybridized carbons (Fsp3) is 0.467. The van der Waals surface area contributed by atoms with Gasteiger partial charge in [-0.25, -0.2) is 4.98 Å². The molecular weight excluding hydrogens is 465 g/mol. The van der Waals surface area contributed by atoms with E-state index in [9.17, 15) is 24.3 Å². The number of rotatable bonds is 7. The molecule has 2 aliphatic heterocycles. The molecule has 1 aromatic rings. The molecule has 2 atom stereocenters.